The molecule has 0 unspecified atom stereocenters. The topological polar surface area (TPSA) is 74.2 Å². The summed E-state index contributed by atoms with van der Waals surface area (Å²) in [5.41, 5.74) is 0.698. The normalized spacial score (nSPS) is 20.4. The number of anilines is 2. The maximum Gasteiger partial charge on any atom is 0.256 e. The first kappa shape index (κ1) is 9.42. The molecule has 0 radical (unpaired) electrons. The van der Waals surface area contributed by atoms with Gasteiger partial charge in [0, 0.05) is 17.2 Å². The molecule has 1 aliphatic rings. The molecule has 0 aliphatic carbocycles. The molecule has 5 nitrogen and oxygen atoms in total. The summed E-state index contributed by atoms with van der Waals surface area (Å²) >= 11 is 3.27. The number of halogens is 1. The van der Waals surface area contributed by atoms with Crippen molar-refractivity contribution < 1.29 is 9.90 Å². The van der Waals surface area contributed by atoms with Gasteiger partial charge in [0.1, 0.15) is 6.10 Å². The lowest BCUT2D eigenvalue weighted by atomic mass is 10.3. The minimum absolute atomic E-state index is 0.191. The molecule has 1 amide bonds. The van der Waals surface area contributed by atoms with Crippen LogP contribution >= 0.6 is 15.9 Å². The number of hydrogen-bond acceptors (Lipinski definition) is 4. The molecule has 14 heavy (non-hydrogen) atoms. The zero-order chi connectivity index (χ0) is 10.1. The molecule has 0 saturated heterocycles. The Balaban J connectivity index is 2.37. The molecule has 0 aromatic carbocycles. The molecule has 0 saturated carbocycles. The van der Waals surface area contributed by atoms with Crippen molar-refractivity contribution in [3.05, 3.63) is 16.7 Å². The third kappa shape index (κ3) is 1.71. The minimum Gasteiger partial charge on any atom is -0.381 e. The number of aliphatic hydroxyl groups is 1. The Labute approximate surface area is 88.7 Å². The summed E-state index contributed by atoms with van der Waals surface area (Å²) in [6, 6.07) is 1.79. The van der Waals surface area contributed by atoms with Gasteiger partial charge in [-0.25, -0.2) is 4.98 Å². The summed E-state index contributed by atoms with van der Waals surface area (Å²) < 4.78 is 0.814. The standard InChI is InChI=1S/C8H8BrN3O2/c9-4-1-5-7(11-2-4)12-8(14)6(13)3-10-5/h1-2,6,10,13H,3H2,(H,11,12,14)/t6-/m1/s1. The van der Waals surface area contributed by atoms with E-state index in [0.29, 0.717) is 11.5 Å². The number of amides is 1. The highest BCUT2D eigenvalue weighted by Gasteiger charge is 2.21. The van der Waals surface area contributed by atoms with Crippen LogP contribution in [0.15, 0.2) is 16.7 Å². The Hall–Kier alpha value is -1.14. The van der Waals surface area contributed by atoms with Crippen molar-refractivity contribution in [1.82, 2.24) is 4.98 Å². The lowest BCUT2D eigenvalue weighted by molar-refractivity contribution is -0.123. The second kappa shape index (κ2) is 3.55. The van der Waals surface area contributed by atoms with Gasteiger partial charge in [-0.05, 0) is 22.0 Å². The lowest BCUT2D eigenvalue weighted by Crippen LogP contribution is -2.30. The Morgan fingerprint density at radius 3 is 3.21 bits per heavy atom. The largest absolute Gasteiger partial charge is 0.381 e. The molecule has 3 N–H and O–H groups in total. The number of aromatic nitrogens is 1. The smallest absolute Gasteiger partial charge is 0.256 e. The quantitative estimate of drug-likeness (QED) is 0.636. The molecular weight excluding hydrogens is 250 g/mol. The third-order valence-corrected chi connectivity index (χ3v) is 2.32. The van der Waals surface area contributed by atoms with Crippen LogP contribution in [0.3, 0.4) is 0 Å². The molecule has 2 rings (SSSR count). The average Bonchev–Trinajstić information content (AvgIpc) is 2.29. The number of β-amino-alcohol motifs (C(OH)–C–C–N with tert-alkyl or cyclic N) is 1. The average molecular weight is 258 g/mol. The van der Waals surface area contributed by atoms with Crippen LogP contribution in [-0.4, -0.2) is 28.6 Å². The van der Waals surface area contributed by atoms with Crippen LogP contribution in [0.4, 0.5) is 11.5 Å². The van der Waals surface area contributed by atoms with Crippen molar-refractivity contribution in [3.63, 3.8) is 0 Å². The van der Waals surface area contributed by atoms with Gasteiger partial charge in [0.05, 0.1) is 5.69 Å². The summed E-state index contributed by atoms with van der Waals surface area (Å²) in [4.78, 5) is 15.2. The summed E-state index contributed by atoms with van der Waals surface area (Å²) in [5.74, 6) is 0.000762. The highest BCUT2D eigenvalue weighted by atomic mass is 79.9. The minimum atomic E-state index is -1.04. The SMILES string of the molecule is O=C1Nc2ncc(Br)cc2NC[C@H]1O. The molecule has 6 heteroatoms. The van der Waals surface area contributed by atoms with Crippen LogP contribution in [-0.2, 0) is 4.79 Å². The van der Waals surface area contributed by atoms with Crippen molar-refractivity contribution in [2.75, 3.05) is 17.2 Å². The van der Waals surface area contributed by atoms with E-state index in [2.05, 4.69) is 31.5 Å². The van der Waals surface area contributed by atoms with Gasteiger partial charge in [-0.15, -0.1) is 0 Å². The number of carbonyl (C=O) groups is 1. The van der Waals surface area contributed by atoms with Crippen LogP contribution in [0, 0.1) is 0 Å². The number of aliphatic hydroxyl groups excluding tert-OH is 1. The van der Waals surface area contributed by atoms with E-state index in [1.165, 1.54) is 0 Å². The van der Waals surface area contributed by atoms with Crippen molar-refractivity contribution in [1.29, 1.82) is 0 Å². The Bertz CT molecular complexity index is 383. The monoisotopic (exact) mass is 257 g/mol. The van der Waals surface area contributed by atoms with E-state index >= 15 is 0 Å². The number of nitrogens with zero attached hydrogens (tertiary/aromatic N) is 1. The summed E-state index contributed by atoms with van der Waals surface area (Å²) in [7, 11) is 0. The van der Waals surface area contributed by atoms with E-state index < -0.39 is 12.0 Å². The van der Waals surface area contributed by atoms with Crippen molar-refractivity contribution in [3.8, 4) is 0 Å². The second-order valence-electron chi connectivity index (χ2n) is 2.94. The van der Waals surface area contributed by atoms with Crippen LogP contribution in [0.1, 0.15) is 0 Å². The van der Waals surface area contributed by atoms with E-state index in [1.54, 1.807) is 12.3 Å². The number of nitrogens with one attached hydrogen (secondary N) is 2. The van der Waals surface area contributed by atoms with Gasteiger partial charge in [0.15, 0.2) is 5.82 Å². The molecule has 1 aromatic heterocycles. The fourth-order valence-electron chi connectivity index (χ4n) is 1.17. The van der Waals surface area contributed by atoms with Crippen LogP contribution < -0.4 is 10.6 Å². The molecule has 1 atom stereocenters. The summed E-state index contributed by atoms with van der Waals surface area (Å²) in [6.45, 7) is 0.191. The first-order valence-electron chi connectivity index (χ1n) is 4.05. The zero-order valence-corrected chi connectivity index (χ0v) is 8.71. The van der Waals surface area contributed by atoms with Gasteiger partial charge in [0.25, 0.3) is 5.91 Å². The number of rotatable bonds is 0. The molecule has 0 fully saturated rings. The van der Waals surface area contributed by atoms with Gasteiger partial charge in [-0.2, -0.15) is 0 Å². The first-order chi connectivity index (χ1) is 6.66. The number of hydrogen-bond donors (Lipinski definition) is 3. The van der Waals surface area contributed by atoms with Gasteiger partial charge in [-0.3, -0.25) is 4.79 Å². The number of pyridine rings is 1. The Kier molecular flexibility index (Phi) is 2.39. The molecule has 1 aromatic rings. The molecular formula is C8H8BrN3O2. The van der Waals surface area contributed by atoms with E-state index in [1.807, 2.05) is 0 Å². The Morgan fingerprint density at radius 1 is 1.64 bits per heavy atom. The van der Waals surface area contributed by atoms with Gasteiger partial charge in [0.2, 0.25) is 0 Å². The molecule has 0 spiro atoms. The van der Waals surface area contributed by atoms with E-state index in [0.717, 1.165) is 4.47 Å². The van der Waals surface area contributed by atoms with Crippen LogP contribution in [0.2, 0.25) is 0 Å². The number of carbonyl (C=O) groups excluding carboxylic acids is 1. The fraction of sp³-hybridized carbons (Fsp3) is 0.250. The molecule has 0 bridgehead atoms. The predicted molar refractivity (Wildman–Crippen MR) is 55.1 cm³/mol. The van der Waals surface area contributed by atoms with Crippen LogP contribution in [0.25, 0.3) is 0 Å². The van der Waals surface area contributed by atoms with Gasteiger partial charge < -0.3 is 15.7 Å². The fourth-order valence-corrected chi connectivity index (χ4v) is 1.50. The highest BCUT2D eigenvalue weighted by Crippen LogP contribution is 2.24. The van der Waals surface area contributed by atoms with Crippen molar-refractivity contribution in [2.45, 2.75) is 6.10 Å². The van der Waals surface area contributed by atoms with Crippen molar-refractivity contribution >= 4 is 33.3 Å². The third-order valence-electron chi connectivity index (χ3n) is 1.88. The highest BCUT2D eigenvalue weighted by molar-refractivity contribution is 9.10. The first-order valence-corrected chi connectivity index (χ1v) is 4.84. The zero-order valence-electron chi connectivity index (χ0n) is 7.12. The van der Waals surface area contributed by atoms with Gasteiger partial charge in [-0.1, -0.05) is 0 Å². The van der Waals surface area contributed by atoms with E-state index in [4.69, 9.17) is 0 Å². The number of fused-ring (bicyclic) bond motifs is 1. The van der Waals surface area contributed by atoms with E-state index in [9.17, 15) is 9.90 Å². The summed E-state index contributed by atoms with van der Waals surface area (Å²) in [6.07, 6.45) is 0.543. The maximum atomic E-state index is 11.2. The molecule has 74 valence electrons. The predicted octanol–water partition coefficient (Wildman–Crippen LogP) is 0.569. The second-order valence-corrected chi connectivity index (χ2v) is 3.85. The van der Waals surface area contributed by atoms with E-state index in [-0.39, 0.29) is 6.54 Å². The lowest BCUT2D eigenvalue weighted by Gasteiger charge is -2.05. The van der Waals surface area contributed by atoms with Crippen molar-refractivity contribution in [2.24, 2.45) is 0 Å². The molecule has 1 aliphatic heterocycles. The maximum absolute atomic E-state index is 11.2. The van der Waals surface area contributed by atoms with Gasteiger partial charge >= 0.3 is 0 Å². The molecule has 2 heterocycles. The Morgan fingerprint density at radius 2 is 2.43 bits per heavy atom. The summed E-state index contributed by atoms with van der Waals surface area (Å²) in [5, 5.41) is 14.7. The van der Waals surface area contributed by atoms with Crippen LogP contribution in [0.5, 0.6) is 0 Å².